The smallest absolute Gasteiger partial charge is 0.408 e. The first-order valence-electron chi connectivity index (χ1n) is 10.2. The van der Waals surface area contributed by atoms with Crippen LogP contribution in [0.1, 0.15) is 47.5 Å². The van der Waals surface area contributed by atoms with E-state index in [0.29, 0.717) is 36.0 Å². The minimum absolute atomic E-state index is 0. The fourth-order valence-electron chi connectivity index (χ4n) is 3.70. The summed E-state index contributed by atoms with van der Waals surface area (Å²) < 4.78 is 5.16. The average Bonchev–Trinajstić information content (AvgIpc) is 2.68. The molecule has 0 aliphatic carbocycles. The van der Waals surface area contributed by atoms with Crippen LogP contribution in [0, 0.1) is 16.7 Å². The molecule has 0 unspecified atom stereocenters. The molecule has 2 N–H and O–H groups in total. The standard InChI is InChI=1S/C22H29N5O3.CH4/c1-21(2,3)13-16(19(28)26-22(14-23)9-11-27(4)12-10-22)24-18-15-7-5-6-8-17(15)30-20(29)25-18;/h5-8,16H,9-13H2,1-4H3,(H,26,28)(H,24,25,29);1H4/t16-;/m0./s1. The molecule has 31 heavy (non-hydrogen) atoms. The van der Waals surface area contributed by atoms with E-state index in [1.54, 1.807) is 18.2 Å². The highest BCUT2D eigenvalue weighted by molar-refractivity contribution is 5.91. The van der Waals surface area contributed by atoms with Crippen LogP contribution in [0.25, 0.3) is 11.0 Å². The van der Waals surface area contributed by atoms with Gasteiger partial charge >= 0.3 is 5.76 Å². The quantitative estimate of drug-likeness (QED) is 0.754. The Balaban J connectivity index is 0.00000341. The number of anilines is 1. The molecule has 1 fully saturated rings. The minimum Gasteiger partial charge on any atom is -0.408 e. The van der Waals surface area contributed by atoms with Gasteiger partial charge < -0.3 is 20.0 Å². The highest BCUT2D eigenvalue weighted by atomic mass is 16.4. The van der Waals surface area contributed by atoms with Crippen LogP contribution in [-0.4, -0.2) is 47.5 Å². The van der Waals surface area contributed by atoms with Crippen LogP contribution in [0.15, 0.2) is 33.5 Å². The Hall–Kier alpha value is -2.92. The summed E-state index contributed by atoms with van der Waals surface area (Å²) in [5.74, 6) is -0.689. The van der Waals surface area contributed by atoms with Crippen molar-refractivity contribution in [3.63, 3.8) is 0 Å². The fourth-order valence-corrected chi connectivity index (χ4v) is 3.70. The number of carbonyl (C=O) groups excluding carboxylic acids is 1. The molecular formula is C23H33N5O3. The van der Waals surface area contributed by atoms with Crippen LogP contribution in [0.2, 0.25) is 0 Å². The third kappa shape index (κ3) is 6.05. The van der Waals surface area contributed by atoms with E-state index in [1.807, 2.05) is 33.9 Å². The molecule has 8 nitrogen and oxygen atoms in total. The average molecular weight is 428 g/mol. The van der Waals surface area contributed by atoms with E-state index >= 15 is 0 Å². The summed E-state index contributed by atoms with van der Waals surface area (Å²) >= 11 is 0. The monoisotopic (exact) mass is 427 g/mol. The molecule has 168 valence electrons. The highest BCUT2D eigenvalue weighted by Gasteiger charge is 2.38. The molecule has 1 aromatic heterocycles. The van der Waals surface area contributed by atoms with Gasteiger partial charge in [-0.25, -0.2) is 4.79 Å². The molecule has 8 heteroatoms. The summed E-state index contributed by atoms with van der Waals surface area (Å²) in [6.45, 7) is 7.61. The molecule has 1 saturated heterocycles. The number of rotatable bonds is 5. The number of nitrogens with zero attached hydrogens (tertiary/aromatic N) is 3. The molecule has 2 heterocycles. The van der Waals surface area contributed by atoms with E-state index in [-0.39, 0.29) is 18.7 Å². The van der Waals surface area contributed by atoms with E-state index in [1.165, 1.54) is 0 Å². The van der Waals surface area contributed by atoms with Crippen molar-refractivity contribution in [2.45, 2.75) is 59.0 Å². The maximum absolute atomic E-state index is 13.3. The summed E-state index contributed by atoms with van der Waals surface area (Å²) in [6.07, 6.45) is 1.64. The third-order valence-electron chi connectivity index (χ3n) is 5.40. The Labute approximate surface area is 183 Å². The second-order valence-corrected chi connectivity index (χ2v) is 9.27. The van der Waals surface area contributed by atoms with Gasteiger partial charge in [0.05, 0.1) is 11.5 Å². The number of amides is 1. The Morgan fingerprint density at radius 2 is 1.97 bits per heavy atom. The summed E-state index contributed by atoms with van der Waals surface area (Å²) in [4.78, 5) is 31.3. The number of nitriles is 1. The maximum Gasteiger partial charge on any atom is 0.441 e. The van der Waals surface area contributed by atoms with Gasteiger partial charge in [-0.05, 0) is 43.9 Å². The molecule has 0 spiro atoms. The molecule has 1 aliphatic heterocycles. The largest absolute Gasteiger partial charge is 0.441 e. The highest BCUT2D eigenvalue weighted by Crippen LogP contribution is 2.27. The van der Waals surface area contributed by atoms with Crippen molar-refractivity contribution in [2.75, 3.05) is 25.5 Å². The predicted octanol–water partition coefficient (Wildman–Crippen LogP) is 3.14. The number of carbonyl (C=O) groups is 1. The number of piperidine rings is 1. The Morgan fingerprint density at radius 1 is 1.32 bits per heavy atom. The van der Waals surface area contributed by atoms with Crippen molar-refractivity contribution >= 4 is 22.7 Å². The zero-order valence-corrected chi connectivity index (χ0v) is 18.0. The van der Waals surface area contributed by atoms with E-state index in [2.05, 4.69) is 26.6 Å². The number of para-hydroxylation sites is 1. The Kier molecular flexibility index (Phi) is 7.45. The lowest BCUT2D eigenvalue weighted by atomic mass is 9.85. The fraction of sp³-hybridized carbons (Fsp3) is 0.565. The Morgan fingerprint density at radius 3 is 2.58 bits per heavy atom. The van der Waals surface area contributed by atoms with Gasteiger partial charge in [-0.1, -0.05) is 40.3 Å². The second-order valence-electron chi connectivity index (χ2n) is 9.27. The molecule has 0 radical (unpaired) electrons. The molecule has 1 aliphatic rings. The van der Waals surface area contributed by atoms with Gasteiger partial charge in [0.1, 0.15) is 23.0 Å². The van der Waals surface area contributed by atoms with Crippen LogP contribution in [0.5, 0.6) is 0 Å². The summed E-state index contributed by atoms with van der Waals surface area (Å²) in [5.41, 5.74) is -0.651. The molecule has 1 amide bonds. The molecule has 0 bridgehead atoms. The molecule has 0 saturated carbocycles. The van der Waals surface area contributed by atoms with Crippen LogP contribution in [0.4, 0.5) is 5.82 Å². The zero-order valence-electron chi connectivity index (χ0n) is 18.0. The maximum atomic E-state index is 13.3. The summed E-state index contributed by atoms with van der Waals surface area (Å²) in [5, 5.41) is 16.6. The topological polar surface area (TPSA) is 111 Å². The van der Waals surface area contributed by atoms with E-state index in [0.717, 1.165) is 13.1 Å². The van der Waals surface area contributed by atoms with Gasteiger partial charge in [-0.15, -0.1) is 0 Å². The number of hydrogen-bond donors (Lipinski definition) is 2. The number of nitrogens with one attached hydrogen (secondary N) is 2. The van der Waals surface area contributed by atoms with Crippen molar-refractivity contribution < 1.29 is 9.21 Å². The minimum atomic E-state index is -0.882. The third-order valence-corrected chi connectivity index (χ3v) is 5.40. The SMILES string of the molecule is C.CN1CCC(C#N)(NC(=O)[C@H](CC(C)(C)C)Nc2nc(=O)oc3ccccc23)CC1. The van der Waals surface area contributed by atoms with E-state index in [4.69, 9.17) is 4.42 Å². The predicted molar refractivity (Wildman–Crippen MR) is 122 cm³/mol. The Bertz CT molecular complexity index is 1010. The summed E-state index contributed by atoms with van der Waals surface area (Å²) in [7, 11) is 2.00. The molecule has 1 atom stereocenters. The van der Waals surface area contributed by atoms with Crippen molar-refractivity contribution in [1.82, 2.24) is 15.2 Å². The number of likely N-dealkylation sites (tertiary alicyclic amines) is 1. The van der Waals surface area contributed by atoms with Crippen LogP contribution in [-0.2, 0) is 4.79 Å². The molecular weight excluding hydrogens is 394 g/mol. The first kappa shape index (κ1) is 24.4. The van der Waals surface area contributed by atoms with Crippen LogP contribution < -0.4 is 16.4 Å². The lowest BCUT2D eigenvalue weighted by molar-refractivity contribution is -0.124. The van der Waals surface area contributed by atoms with Gasteiger partial charge in [0.2, 0.25) is 5.91 Å². The van der Waals surface area contributed by atoms with Crippen molar-refractivity contribution in [1.29, 1.82) is 5.26 Å². The van der Waals surface area contributed by atoms with Crippen molar-refractivity contribution in [2.24, 2.45) is 5.41 Å². The van der Waals surface area contributed by atoms with Gasteiger partial charge in [0.25, 0.3) is 0 Å². The van der Waals surface area contributed by atoms with Crippen molar-refractivity contribution in [3.05, 3.63) is 34.8 Å². The first-order valence-corrected chi connectivity index (χ1v) is 10.2. The van der Waals surface area contributed by atoms with Gasteiger partial charge in [0, 0.05) is 13.1 Å². The van der Waals surface area contributed by atoms with Gasteiger partial charge in [-0.3, -0.25) is 4.79 Å². The first-order chi connectivity index (χ1) is 14.1. The number of fused-ring (bicyclic) bond motifs is 1. The summed E-state index contributed by atoms with van der Waals surface area (Å²) in [6, 6.07) is 8.72. The zero-order chi connectivity index (χ0) is 21.9. The lowest BCUT2D eigenvalue weighted by Crippen LogP contribution is -2.57. The lowest BCUT2D eigenvalue weighted by Gasteiger charge is -2.37. The molecule has 3 rings (SSSR count). The van der Waals surface area contributed by atoms with E-state index < -0.39 is 17.3 Å². The van der Waals surface area contributed by atoms with Crippen LogP contribution in [0.3, 0.4) is 0 Å². The normalized spacial score (nSPS) is 17.3. The number of hydrogen-bond acceptors (Lipinski definition) is 7. The van der Waals surface area contributed by atoms with Crippen molar-refractivity contribution in [3.8, 4) is 6.07 Å². The number of aromatic nitrogens is 1. The molecule has 2 aromatic rings. The second kappa shape index (κ2) is 9.48. The van der Waals surface area contributed by atoms with Gasteiger partial charge in [-0.2, -0.15) is 10.2 Å². The molecule has 1 aromatic carbocycles. The van der Waals surface area contributed by atoms with Gasteiger partial charge in [0.15, 0.2) is 0 Å². The van der Waals surface area contributed by atoms with E-state index in [9.17, 15) is 14.9 Å². The van der Waals surface area contributed by atoms with Crippen LogP contribution >= 0.6 is 0 Å². The number of benzene rings is 1.